The minimum absolute atomic E-state index is 0.0865. The molecule has 0 bridgehead atoms. The van der Waals surface area contributed by atoms with Crippen LogP contribution in [0, 0.1) is 22.0 Å². The van der Waals surface area contributed by atoms with Crippen LogP contribution in [-0.2, 0) is 0 Å². The Balaban J connectivity index is 3.14. The monoisotopic (exact) mass is 192 g/mol. The second-order valence-corrected chi connectivity index (χ2v) is 2.46. The normalized spacial score (nSPS) is 8.93. The molecule has 0 aliphatic heterocycles. The van der Waals surface area contributed by atoms with Crippen LogP contribution in [0.15, 0.2) is 18.2 Å². The molecule has 3 N–H and O–H groups in total. The summed E-state index contributed by atoms with van der Waals surface area (Å²) >= 11 is 0. The van der Waals surface area contributed by atoms with Gasteiger partial charge in [-0.25, -0.2) is 0 Å². The zero-order chi connectivity index (χ0) is 10.6. The minimum Gasteiger partial charge on any atom is -0.507 e. The summed E-state index contributed by atoms with van der Waals surface area (Å²) < 4.78 is 0. The zero-order valence-electron chi connectivity index (χ0n) is 7.23. The van der Waals surface area contributed by atoms with E-state index in [9.17, 15) is 15.2 Å². The Morgan fingerprint density at radius 1 is 1.57 bits per heavy atom. The number of nitrogens with two attached hydrogens (primary N) is 1. The number of hydrogen-bond donors (Lipinski definition) is 2. The van der Waals surface area contributed by atoms with Crippen LogP contribution >= 0.6 is 0 Å². The van der Waals surface area contributed by atoms with Crippen molar-refractivity contribution in [2.24, 2.45) is 5.73 Å². The number of aromatic hydroxyl groups is 1. The molecule has 0 saturated carbocycles. The predicted molar refractivity (Wildman–Crippen MR) is 50.7 cm³/mol. The fourth-order valence-corrected chi connectivity index (χ4v) is 0.884. The van der Waals surface area contributed by atoms with Gasteiger partial charge in [0.2, 0.25) is 0 Å². The van der Waals surface area contributed by atoms with E-state index in [0.717, 1.165) is 0 Å². The average Bonchev–Trinajstić information content (AvgIpc) is 2.16. The zero-order valence-corrected chi connectivity index (χ0v) is 7.23. The number of hydrogen-bond acceptors (Lipinski definition) is 4. The number of rotatable bonds is 1. The van der Waals surface area contributed by atoms with Gasteiger partial charge in [0.15, 0.2) is 0 Å². The van der Waals surface area contributed by atoms with Gasteiger partial charge < -0.3 is 10.8 Å². The number of nitro benzene ring substituents is 1. The summed E-state index contributed by atoms with van der Waals surface area (Å²) in [4.78, 5) is 9.84. The summed E-state index contributed by atoms with van der Waals surface area (Å²) in [6.45, 7) is 0.141. The van der Waals surface area contributed by atoms with Crippen LogP contribution in [0.1, 0.15) is 5.56 Å². The molecule has 0 aromatic heterocycles. The van der Waals surface area contributed by atoms with Crippen LogP contribution < -0.4 is 5.73 Å². The predicted octanol–water partition coefficient (Wildman–Crippen LogP) is 0.611. The summed E-state index contributed by atoms with van der Waals surface area (Å²) in [6, 6.07) is 3.65. The lowest BCUT2D eigenvalue weighted by atomic mass is 10.2. The summed E-state index contributed by atoms with van der Waals surface area (Å²) in [5, 5.41) is 19.7. The van der Waals surface area contributed by atoms with E-state index in [1.54, 1.807) is 0 Å². The maximum Gasteiger partial charge on any atom is 0.270 e. The first-order valence-electron chi connectivity index (χ1n) is 3.81. The molecule has 0 fully saturated rings. The lowest BCUT2D eigenvalue weighted by Crippen LogP contribution is -1.93. The van der Waals surface area contributed by atoms with Gasteiger partial charge in [-0.1, -0.05) is 11.8 Å². The maximum absolute atomic E-state index is 10.4. The molecular weight excluding hydrogens is 184 g/mol. The maximum atomic E-state index is 10.4. The fraction of sp³-hybridized carbons (Fsp3) is 0.111. The van der Waals surface area contributed by atoms with E-state index in [0.29, 0.717) is 0 Å². The van der Waals surface area contributed by atoms with Crippen LogP contribution in [0.3, 0.4) is 0 Å². The Hall–Kier alpha value is -2.06. The van der Waals surface area contributed by atoms with E-state index in [2.05, 4.69) is 11.8 Å². The lowest BCUT2D eigenvalue weighted by Gasteiger charge is -1.96. The quantitative estimate of drug-likeness (QED) is 0.387. The van der Waals surface area contributed by atoms with Crippen molar-refractivity contribution in [3.05, 3.63) is 33.9 Å². The van der Waals surface area contributed by atoms with Crippen LogP contribution in [0.5, 0.6) is 5.75 Å². The smallest absolute Gasteiger partial charge is 0.270 e. The molecule has 72 valence electrons. The second-order valence-electron chi connectivity index (χ2n) is 2.46. The number of phenols is 1. The average molecular weight is 192 g/mol. The topological polar surface area (TPSA) is 89.4 Å². The number of nitrogens with zero attached hydrogens (tertiary/aromatic N) is 1. The van der Waals surface area contributed by atoms with Gasteiger partial charge in [0.05, 0.1) is 17.0 Å². The molecule has 0 aliphatic rings. The third-order valence-corrected chi connectivity index (χ3v) is 1.52. The first-order valence-corrected chi connectivity index (χ1v) is 3.81. The Bertz CT molecular complexity index is 418. The molecule has 0 amide bonds. The van der Waals surface area contributed by atoms with E-state index < -0.39 is 4.92 Å². The second kappa shape index (κ2) is 4.25. The molecule has 0 unspecified atom stereocenters. The Morgan fingerprint density at radius 3 is 2.86 bits per heavy atom. The highest BCUT2D eigenvalue weighted by Crippen LogP contribution is 2.21. The van der Waals surface area contributed by atoms with E-state index >= 15 is 0 Å². The molecule has 1 rings (SSSR count). The highest BCUT2D eigenvalue weighted by molar-refractivity contribution is 5.51. The van der Waals surface area contributed by atoms with E-state index in [1.807, 2.05) is 0 Å². The van der Waals surface area contributed by atoms with Gasteiger partial charge >= 0.3 is 0 Å². The van der Waals surface area contributed by atoms with Gasteiger partial charge in [-0.05, 0) is 6.07 Å². The first-order chi connectivity index (χ1) is 6.65. The number of non-ortho nitro benzene ring substituents is 1. The van der Waals surface area contributed by atoms with Gasteiger partial charge in [-0.3, -0.25) is 10.1 Å². The molecular formula is C9H8N2O3. The van der Waals surface area contributed by atoms with Crippen LogP contribution in [0.4, 0.5) is 5.69 Å². The fourth-order valence-electron chi connectivity index (χ4n) is 0.884. The highest BCUT2D eigenvalue weighted by Gasteiger charge is 2.07. The van der Waals surface area contributed by atoms with Crippen molar-refractivity contribution in [1.82, 2.24) is 0 Å². The van der Waals surface area contributed by atoms with E-state index in [4.69, 9.17) is 5.73 Å². The van der Waals surface area contributed by atoms with E-state index in [-0.39, 0.29) is 23.5 Å². The molecule has 1 aromatic rings. The van der Waals surface area contributed by atoms with Crippen molar-refractivity contribution in [1.29, 1.82) is 0 Å². The standard InChI is InChI=1S/C9H8N2O3/c10-5-1-2-7-6-8(11(13)14)3-4-9(7)12/h3-4,6,12H,5,10H2. The summed E-state index contributed by atoms with van der Waals surface area (Å²) in [7, 11) is 0. The van der Waals surface area contributed by atoms with Gasteiger partial charge in [-0.2, -0.15) is 0 Å². The van der Waals surface area contributed by atoms with Gasteiger partial charge in [0.1, 0.15) is 5.75 Å². The van der Waals surface area contributed by atoms with Crippen molar-refractivity contribution < 1.29 is 10.0 Å². The molecule has 5 heteroatoms. The van der Waals surface area contributed by atoms with Crippen LogP contribution in [0.2, 0.25) is 0 Å². The summed E-state index contributed by atoms with van der Waals surface area (Å²) in [5.74, 6) is 4.96. The Kier molecular flexibility index (Phi) is 3.05. The van der Waals surface area contributed by atoms with E-state index in [1.165, 1.54) is 18.2 Å². The minimum atomic E-state index is -0.549. The number of nitro groups is 1. The molecule has 0 atom stereocenters. The molecule has 0 aliphatic carbocycles. The summed E-state index contributed by atoms with van der Waals surface area (Å²) in [5.41, 5.74) is 5.24. The molecule has 5 nitrogen and oxygen atoms in total. The number of benzene rings is 1. The van der Waals surface area contributed by atoms with Crippen molar-refractivity contribution in [3.63, 3.8) is 0 Å². The molecule has 0 heterocycles. The Morgan fingerprint density at radius 2 is 2.29 bits per heavy atom. The van der Waals surface area contributed by atoms with Crippen LogP contribution in [0.25, 0.3) is 0 Å². The largest absolute Gasteiger partial charge is 0.507 e. The molecule has 14 heavy (non-hydrogen) atoms. The lowest BCUT2D eigenvalue weighted by molar-refractivity contribution is -0.384. The van der Waals surface area contributed by atoms with Crippen molar-refractivity contribution in [2.45, 2.75) is 0 Å². The van der Waals surface area contributed by atoms with Crippen molar-refractivity contribution in [3.8, 4) is 17.6 Å². The third kappa shape index (κ3) is 2.21. The van der Waals surface area contributed by atoms with Gasteiger partial charge in [-0.15, -0.1) is 0 Å². The molecule has 0 spiro atoms. The van der Waals surface area contributed by atoms with Crippen LogP contribution in [-0.4, -0.2) is 16.6 Å². The molecule has 0 saturated heterocycles. The Labute approximate surface area is 80.3 Å². The molecule has 0 radical (unpaired) electrons. The van der Waals surface area contributed by atoms with Crippen molar-refractivity contribution >= 4 is 5.69 Å². The number of phenolic OH excluding ortho intramolecular Hbond substituents is 1. The first kappa shape index (κ1) is 10.0. The highest BCUT2D eigenvalue weighted by atomic mass is 16.6. The molecule has 1 aromatic carbocycles. The summed E-state index contributed by atoms with van der Waals surface area (Å²) in [6.07, 6.45) is 0. The van der Waals surface area contributed by atoms with Gasteiger partial charge in [0, 0.05) is 12.1 Å². The van der Waals surface area contributed by atoms with Gasteiger partial charge in [0.25, 0.3) is 5.69 Å². The SMILES string of the molecule is NCC#Cc1cc([N+](=O)[O-])ccc1O. The third-order valence-electron chi connectivity index (χ3n) is 1.52. The van der Waals surface area contributed by atoms with Crippen molar-refractivity contribution in [2.75, 3.05) is 6.54 Å².